The maximum Gasteiger partial charge on any atom is 0.472 e. The fraction of sp³-hybridized carbons (Fsp3) is 0.949. The molecular weight excluding hydrogens is 659 g/mol. The van der Waals surface area contributed by atoms with Gasteiger partial charge in [0.25, 0.3) is 0 Å². The largest absolute Gasteiger partial charge is 0.472 e. The van der Waals surface area contributed by atoms with Crippen molar-refractivity contribution in [3.05, 3.63) is 0 Å². The Balaban J connectivity index is 4.24. The fourth-order valence-corrected chi connectivity index (χ4v) is 6.51. The van der Waals surface area contributed by atoms with Crippen LogP contribution in [-0.2, 0) is 32.7 Å². The Labute approximate surface area is 305 Å². The van der Waals surface area contributed by atoms with Crippen molar-refractivity contribution < 1.29 is 47.8 Å². The maximum absolute atomic E-state index is 12.6. The van der Waals surface area contributed by atoms with Gasteiger partial charge in [-0.25, -0.2) is 4.57 Å². The van der Waals surface area contributed by atoms with Crippen LogP contribution in [0.1, 0.15) is 188 Å². The second-order valence-electron chi connectivity index (χ2n) is 15.0. The van der Waals surface area contributed by atoms with Gasteiger partial charge in [0.1, 0.15) is 12.7 Å². The summed E-state index contributed by atoms with van der Waals surface area (Å²) >= 11 is 0. The predicted molar refractivity (Wildman–Crippen MR) is 201 cm³/mol. The van der Waals surface area contributed by atoms with E-state index in [2.05, 4.69) is 32.2 Å². The first-order valence-electron chi connectivity index (χ1n) is 20.2. The van der Waals surface area contributed by atoms with Crippen LogP contribution in [0, 0.1) is 11.8 Å². The minimum atomic E-state index is -4.60. The monoisotopic (exact) mass is 737 g/mol. The summed E-state index contributed by atoms with van der Waals surface area (Å²) in [5.41, 5.74) is 0. The number of esters is 2. The highest BCUT2D eigenvalue weighted by Gasteiger charge is 2.27. The summed E-state index contributed by atoms with van der Waals surface area (Å²) in [6.45, 7) is 6.96. The predicted octanol–water partition coefficient (Wildman–Crippen LogP) is 9.99. The highest BCUT2D eigenvalue weighted by atomic mass is 31.2. The van der Waals surface area contributed by atoms with Crippen molar-refractivity contribution in [2.45, 2.75) is 200 Å². The number of phosphoric acid groups is 1. The van der Waals surface area contributed by atoms with Crippen molar-refractivity contribution in [2.24, 2.45) is 11.8 Å². The molecule has 0 amide bonds. The summed E-state index contributed by atoms with van der Waals surface area (Å²) in [7, 11) is -4.60. The van der Waals surface area contributed by atoms with Gasteiger partial charge in [-0.2, -0.15) is 0 Å². The molecule has 0 aromatic carbocycles. The molecule has 3 atom stereocenters. The lowest BCUT2D eigenvalue weighted by atomic mass is 10.0. The zero-order valence-corrected chi connectivity index (χ0v) is 33.4. The van der Waals surface area contributed by atoms with Crippen LogP contribution < -0.4 is 0 Å². The van der Waals surface area contributed by atoms with Crippen LogP contribution in [0.5, 0.6) is 0 Å². The first-order chi connectivity index (χ1) is 23.9. The van der Waals surface area contributed by atoms with Crippen LogP contribution in [0.15, 0.2) is 0 Å². The summed E-state index contributed by atoms with van der Waals surface area (Å²) in [5.74, 6) is 0.632. The van der Waals surface area contributed by atoms with Crippen molar-refractivity contribution in [2.75, 3.05) is 26.4 Å². The van der Waals surface area contributed by atoms with E-state index < -0.39 is 51.8 Å². The van der Waals surface area contributed by atoms with Crippen molar-refractivity contribution in [3.8, 4) is 0 Å². The van der Waals surface area contributed by atoms with E-state index in [0.29, 0.717) is 12.8 Å². The molecule has 298 valence electrons. The molecule has 10 nitrogen and oxygen atoms in total. The molecule has 0 aliphatic rings. The van der Waals surface area contributed by atoms with Crippen LogP contribution in [0.25, 0.3) is 0 Å². The van der Waals surface area contributed by atoms with Gasteiger partial charge in [0, 0.05) is 12.8 Å². The third-order valence-electron chi connectivity index (χ3n) is 8.87. The standard InChI is InChI=1S/C39H77O10P/c1-34(2)26-22-18-14-12-10-8-6-5-7-9-11-13-15-21-25-29-39(43)49-37(33-48-50(44,45)47-31-36(41)30-40)32-46-38(42)28-24-20-17-16-19-23-27-35(3)4/h34-37,40-41H,5-33H2,1-4H3,(H,44,45)/t36-,37+/m0/s1. The van der Waals surface area contributed by atoms with E-state index in [9.17, 15) is 24.2 Å². The van der Waals surface area contributed by atoms with Gasteiger partial charge < -0.3 is 24.6 Å². The highest BCUT2D eigenvalue weighted by Crippen LogP contribution is 2.43. The van der Waals surface area contributed by atoms with Gasteiger partial charge in [0.2, 0.25) is 0 Å². The molecule has 0 aliphatic heterocycles. The quantitative estimate of drug-likeness (QED) is 0.0320. The summed E-state index contributed by atoms with van der Waals surface area (Å²) in [4.78, 5) is 34.8. The molecule has 0 heterocycles. The fourth-order valence-electron chi connectivity index (χ4n) is 5.72. The third-order valence-corrected chi connectivity index (χ3v) is 9.82. The molecule has 0 saturated carbocycles. The molecule has 3 N–H and O–H groups in total. The Morgan fingerprint density at radius 3 is 1.30 bits per heavy atom. The molecule has 11 heteroatoms. The van der Waals surface area contributed by atoms with E-state index in [1.54, 1.807) is 0 Å². The molecule has 0 spiro atoms. The molecule has 0 bridgehead atoms. The molecule has 0 saturated heterocycles. The Morgan fingerprint density at radius 1 is 0.540 bits per heavy atom. The topological polar surface area (TPSA) is 149 Å². The van der Waals surface area contributed by atoms with Gasteiger partial charge >= 0.3 is 19.8 Å². The van der Waals surface area contributed by atoms with Crippen molar-refractivity contribution in [1.82, 2.24) is 0 Å². The van der Waals surface area contributed by atoms with Gasteiger partial charge in [-0.3, -0.25) is 18.6 Å². The van der Waals surface area contributed by atoms with E-state index in [4.69, 9.17) is 19.1 Å². The third kappa shape index (κ3) is 35.4. The highest BCUT2D eigenvalue weighted by molar-refractivity contribution is 7.47. The van der Waals surface area contributed by atoms with Crippen LogP contribution >= 0.6 is 7.82 Å². The molecule has 0 rings (SSSR count). The maximum atomic E-state index is 12.6. The summed E-state index contributed by atoms with van der Waals surface area (Å²) in [6.07, 6.45) is 25.3. The number of hydrogen-bond acceptors (Lipinski definition) is 9. The summed E-state index contributed by atoms with van der Waals surface area (Å²) in [6, 6.07) is 0. The van der Waals surface area contributed by atoms with Gasteiger partial charge in [-0.05, 0) is 24.7 Å². The van der Waals surface area contributed by atoms with Crippen molar-refractivity contribution >= 4 is 19.8 Å². The normalized spacial score (nSPS) is 14.2. The number of unbranched alkanes of at least 4 members (excludes halogenated alkanes) is 19. The Kier molecular flexibility index (Phi) is 33.1. The minimum absolute atomic E-state index is 0.190. The molecular formula is C39H77O10P. The van der Waals surface area contributed by atoms with Crippen LogP contribution in [0.4, 0.5) is 0 Å². The number of aliphatic hydroxyl groups excluding tert-OH is 2. The lowest BCUT2D eigenvalue weighted by molar-refractivity contribution is -0.161. The Hall–Kier alpha value is -1.03. The lowest BCUT2D eigenvalue weighted by Gasteiger charge is -2.20. The van der Waals surface area contributed by atoms with Crippen LogP contribution in [0.2, 0.25) is 0 Å². The van der Waals surface area contributed by atoms with E-state index in [0.717, 1.165) is 50.4 Å². The SMILES string of the molecule is CC(C)CCCCCCCCCCCCCCCCCC(=O)O[C@H](COC(=O)CCCCCCCCC(C)C)COP(=O)(O)OC[C@@H](O)CO. The number of aliphatic hydroxyl groups is 2. The summed E-state index contributed by atoms with van der Waals surface area (Å²) < 4.78 is 32.6. The van der Waals surface area contributed by atoms with Crippen LogP contribution in [-0.4, -0.2) is 65.7 Å². The Bertz CT molecular complexity index is 838. The first kappa shape index (κ1) is 49.0. The summed E-state index contributed by atoms with van der Waals surface area (Å²) in [5, 5.41) is 18.3. The van der Waals surface area contributed by atoms with E-state index in [1.807, 2.05) is 0 Å². The lowest BCUT2D eigenvalue weighted by Crippen LogP contribution is -2.29. The van der Waals surface area contributed by atoms with Gasteiger partial charge in [-0.15, -0.1) is 0 Å². The average Bonchev–Trinajstić information content (AvgIpc) is 3.07. The second-order valence-corrected chi connectivity index (χ2v) is 16.4. The Morgan fingerprint density at radius 2 is 0.900 bits per heavy atom. The van der Waals surface area contributed by atoms with Gasteiger partial charge in [0.05, 0.1) is 19.8 Å². The smallest absolute Gasteiger partial charge is 0.462 e. The molecule has 0 aromatic heterocycles. The number of ether oxygens (including phenoxy) is 2. The van der Waals surface area contributed by atoms with E-state index in [-0.39, 0.29) is 19.4 Å². The van der Waals surface area contributed by atoms with Crippen molar-refractivity contribution in [3.63, 3.8) is 0 Å². The molecule has 1 unspecified atom stereocenters. The first-order valence-corrected chi connectivity index (χ1v) is 21.7. The molecule has 0 radical (unpaired) electrons. The number of carbonyl (C=O) groups is 2. The van der Waals surface area contributed by atoms with E-state index in [1.165, 1.54) is 96.3 Å². The molecule has 0 fully saturated rings. The second kappa shape index (κ2) is 33.8. The number of hydrogen-bond donors (Lipinski definition) is 3. The van der Waals surface area contributed by atoms with Crippen LogP contribution in [0.3, 0.4) is 0 Å². The number of phosphoric ester groups is 1. The zero-order valence-electron chi connectivity index (χ0n) is 32.5. The van der Waals surface area contributed by atoms with Gasteiger partial charge in [0.15, 0.2) is 6.10 Å². The number of carbonyl (C=O) groups excluding carboxylic acids is 2. The molecule has 50 heavy (non-hydrogen) atoms. The number of rotatable bonds is 37. The van der Waals surface area contributed by atoms with Gasteiger partial charge in [-0.1, -0.05) is 163 Å². The molecule has 0 aliphatic carbocycles. The molecule has 0 aromatic rings. The minimum Gasteiger partial charge on any atom is -0.462 e. The zero-order chi connectivity index (χ0) is 37.3. The average molecular weight is 737 g/mol. The van der Waals surface area contributed by atoms with E-state index >= 15 is 0 Å². The van der Waals surface area contributed by atoms with Crippen molar-refractivity contribution in [1.29, 1.82) is 0 Å².